The number of carbonyl (C=O) groups is 3. The van der Waals surface area contributed by atoms with Crippen LogP contribution >= 0.6 is 0 Å². The summed E-state index contributed by atoms with van der Waals surface area (Å²) in [6.45, 7) is 9.17. The highest BCUT2D eigenvalue weighted by molar-refractivity contribution is 5.89. The van der Waals surface area contributed by atoms with E-state index in [1.165, 1.54) is 10.9 Å². The minimum absolute atomic E-state index is 0.0620. The first-order valence-corrected chi connectivity index (χ1v) is 18.0. The van der Waals surface area contributed by atoms with E-state index in [1.54, 1.807) is 37.4 Å². The molecule has 4 aromatic rings. The normalized spacial score (nSPS) is 14.9. The summed E-state index contributed by atoms with van der Waals surface area (Å²) in [6.07, 6.45) is 3.77. The van der Waals surface area contributed by atoms with E-state index >= 15 is 0 Å². The zero-order valence-electron chi connectivity index (χ0n) is 30.9. The number of aliphatic hydroxyl groups is 1. The average Bonchev–Trinajstić information content (AvgIpc) is 3.44. The van der Waals surface area contributed by atoms with Gasteiger partial charge in [0.15, 0.2) is 5.52 Å². The molecule has 2 aromatic carbocycles. The number of unbranched alkanes of at least 4 members (excludes halogenated alkanes) is 1. The lowest BCUT2D eigenvalue weighted by Crippen LogP contribution is -2.49. The topological polar surface area (TPSA) is 161 Å². The average molecular weight is 714 g/mol. The molecule has 1 saturated heterocycles. The highest BCUT2D eigenvalue weighted by Gasteiger charge is 2.35. The number of hydrogen-bond acceptors (Lipinski definition) is 8. The molecule has 1 atom stereocenters. The Labute approximate surface area is 304 Å². The number of likely N-dealkylation sites (tertiary alicyclic amines) is 1. The van der Waals surface area contributed by atoms with E-state index in [2.05, 4.69) is 20.7 Å². The van der Waals surface area contributed by atoms with Crippen molar-refractivity contribution in [2.75, 3.05) is 19.6 Å². The summed E-state index contributed by atoms with van der Waals surface area (Å²) in [5.74, 6) is 0.0942. The minimum atomic E-state index is -1.15. The Morgan fingerprint density at radius 1 is 0.981 bits per heavy atom. The Morgan fingerprint density at radius 3 is 2.35 bits per heavy atom. The Kier molecular flexibility index (Phi) is 12.1. The quantitative estimate of drug-likeness (QED) is 0.169. The van der Waals surface area contributed by atoms with Gasteiger partial charge in [0.1, 0.15) is 11.1 Å². The molecule has 3 N–H and O–H groups in total. The van der Waals surface area contributed by atoms with Crippen molar-refractivity contribution in [2.45, 2.75) is 96.4 Å². The van der Waals surface area contributed by atoms with Crippen molar-refractivity contribution in [3.8, 4) is 11.3 Å². The van der Waals surface area contributed by atoms with Crippen molar-refractivity contribution in [3.63, 3.8) is 0 Å². The zero-order valence-corrected chi connectivity index (χ0v) is 30.9. The summed E-state index contributed by atoms with van der Waals surface area (Å²) in [5, 5.41) is 21.6. The summed E-state index contributed by atoms with van der Waals surface area (Å²) >= 11 is 0. The van der Waals surface area contributed by atoms with Crippen molar-refractivity contribution >= 4 is 28.9 Å². The lowest BCUT2D eigenvalue weighted by Gasteiger charge is -2.38. The summed E-state index contributed by atoms with van der Waals surface area (Å²) in [7, 11) is 1.76. The molecule has 0 bridgehead atoms. The van der Waals surface area contributed by atoms with Gasteiger partial charge in [0, 0.05) is 51.6 Å². The number of alkyl carbamates (subject to hydrolysis) is 1. The number of ether oxygens (including phenoxy) is 1. The van der Waals surface area contributed by atoms with E-state index in [0.717, 1.165) is 16.7 Å². The number of piperidine rings is 1. The molecule has 0 aliphatic carbocycles. The van der Waals surface area contributed by atoms with Crippen molar-refractivity contribution in [1.82, 2.24) is 34.9 Å². The van der Waals surface area contributed by atoms with Crippen LogP contribution < -0.4 is 16.2 Å². The van der Waals surface area contributed by atoms with Gasteiger partial charge < -0.3 is 25.4 Å². The van der Waals surface area contributed by atoms with Crippen molar-refractivity contribution in [1.29, 1.82) is 0 Å². The fourth-order valence-electron chi connectivity index (χ4n) is 6.45. The molecule has 13 heteroatoms. The number of hydrogen-bond donors (Lipinski definition) is 3. The molecule has 13 nitrogen and oxygen atoms in total. The van der Waals surface area contributed by atoms with E-state index < -0.39 is 17.3 Å². The van der Waals surface area contributed by atoms with Gasteiger partial charge in [-0.15, -0.1) is 0 Å². The van der Waals surface area contributed by atoms with Gasteiger partial charge in [-0.25, -0.2) is 9.78 Å². The molecule has 0 unspecified atom stereocenters. The van der Waals surface area contributed by atoms with Crippen LogP contribution in [0.2, 0.25) is 0 Å². The highest BCUT2D eigenvalue weighted by Crippen LogP contribution is 2.28. The van der Waals surface area contributed by atoms with E-state index in [-0.39, 0.29) is 35.4 Å². The van der Waals surface area contributed by atoms with Crippen LogP contribution in [0, 0.1) is 0 Å². The molecule has 1 aliphatic heterocycles. The van der Waals surface area contributed by atoms with Crippen LogP contribution in [0.4, 0.5) is 4.79 Å². The predicted molar refractivity (Wildman–Crippen MR) is 198 cm³/mol. The second-order valence-electron chi connectivity index (χ2n) is 14.8. The van der Waals surface area contributed by atoms with Gasteiger partial charge in [0.25, 0.3) is 5.56 Å². The Morgan fingerprint density at radius 2 is 1.67 bits per heavy atom. The molecule has 3 amide bonds. The van der Waals surface area contributed by atoms with Crippen molar-refractivity contribution < 1.29 is 24.2 Å². The van der Waals surface area contributed by atoms with Crippen LogP contribution in [-0.4, -0.2) is 78.1 Å². The zero-order chi connectivity index (χ0) is 37.5. The molecule has 52 heavy (non-hydrogen) atoms. The first-order valence-electron chi connectivity index (χ1n) is 18.0. The smallest absolute Gasteiger partial charge is 0.407 e. The number of nitrogens with zero attached hydrogens (tertiary/aromatic N) is 5. The number of nitrogens with one attached hydrogen (secondary N) is 2. The monoisotopic (exact) mass is 713 g/mol. The maximum absolute atomic E-state index is 13.6. The van der Waals surface area contributed by atoms with Gasteiger partial charge in [-0.05, 0) is 63.5 Å². The molecular formula is C39H51N7O6. The number of aromatic nitrogens is 4. The summed E-state index contributed by atoms with van der Waals surface area (Å²) in [6, 6.07) is 17.6. The van der Waals surface area contributed by atoms with Crippen LogP contribution in [0.25, 0.3) is 22.3 Å². The fourth-order valence-corrected chi connectivity index (χ4v) is 6.45. The first-order chi connectivity index (χ1) is 24.7. The third-order valence-electron chi connectivity index (χ3n) is 9.39. The molecule has 1 fully saturated rings. The first kappa shape index (κ1) is 38.2. The van der Waals surface area contributed by atoms with Crippen LogP contribution in [0.3, 0.4) is 0 Å². The maximum Gasteiger partial charge on any atom is 0.407 e. The lowest BCUT2D eigenvalue weighted by molar-refractivity contribution is -0.136. The Balaban J connectivity index is 1.12. The molecule has 278 valence electrons. The molecule has 5 rings (SSSR count). The third kappa shape index (κ3) is 10.1. The lowest BCUT2D eigenvalue weighted by atomic mass is 9.90. The molecule has 0 spiro atoms. The Bertz CT molecular complexity index is 1910. The molecule has 2 aromatic heterocycles. The summed E-state index contributed by atoms with van der Waals surface area (Å²) in [4.78, 5) is 57.1. The SMILES string of the molecule is C[C@H](CC(=O)N1CCC(O)(Cn2cnc3c(-c4ccc(CNC(=O)CCCCNC(=O)OC(C)(C)C)cc4)n(C)nc3c2=O)CC1)c1ccccc1. The maximum atomic E-state index is 13.6. The molecule has 0 saturated carbocycles. The van der Waals surface area contributed by atoms with Crippen molar-refractivity contribution in [3.05, 3.63) is 82.4 Å². The van der Waals surface area contributed by atoms with Crippen LogP contribution in [-0.2, 0) is 34.5 Å². The number of aryl methyl sites for hydroxylation is 1. The van der Waals surface area contributed by atoms with Crippen LogP contribution in [0.1, 0.15) is 83.3 Å². The van der Waals surface area contributed by atoms with Gasteiger partial charge in [-0.3, -0.25) is 23.6 Å². The third-order valence-corrected chi connectivity index (χ3v) is 9.39. The largest absolute Gasteiger partial charge is 0.444 e. The fraction of sp³-hybridized carbons (Fsp3) is 0.487. The predicted octanol–water partition coefficient (Wildman–Crippen LogP) is 4.66. The van der Waals surface area contributed by atoms with E-state index in [0.29, 0.717) is 75.9 Å². The number of carbonyl (C=O) groups excluding carboxylic acids is 3. The van der Waals surface area contributed by atoms with Gasteiger partial charge in [-0.2, -0.15) is 5.10 Å². The van der Waals surface area contributed by atoms with Gasteiger partial charge >= 0.3 is 6.09 Å². The van der Waals surface area contributed by atoms with Gasteiger partial charge in [0.05, 0.1) is 24.2 Å². The summed E-state index contributed by atoms with van der Waals surface area (Å²) < 4.78 is 8.25. The number of fused-ring (bicyclic) bond motifs is 1. The standard InChI is InChI=1S/C39H51N7O6/c1-27(29-11-7-6-8-12-29)23-32(48)45-21-18-39(51,19-22-45)25-46-26-42-33-34(36(46)49)43-44(5)35(33)30-16-14-28(15-17-30)24-41-31(47)13-9-10-20-40-37(50)52-38(2,3)4/h6-8,11-12,14-17,26-27,51H,9-10,13,18-25H2,1-5H3,(H,40,50)(H,41,47)/t27-/m1/s1. The van der Waals surface area contributed by atoms with E-state index in [4.69, 9.17) is 4.74 Å². The van der Waals surface area contributed by atoms with E-state index in [9.17, 15) is 24.3 Å². The van der Waals surface area contributed by atoms with Gasteiger partial charge in [-0.1, -0.05) is 61.5 Å². The van der Waals surface area contributed by atoms with Crippen LogP contribution in [0.15, 0.2) is 65.7 Å². The minimum Gasteiger partial charge on any atom is -0.444 e. The molecule has 1 aliphatic rings. The number of benzene rings is 2. The highest BCUT2D eigenvalue weighted by atomic mass is 16.6. The van der Waals surface area contributed by atoms with Crippen molar-refractivity contribution in [2.24, 2.45) is 7.05 Å². The van der Waals surface area contributed by atoms with Crippen LogP contribution in [0.5, 0.6) is 0 Å². The second kappa shape index (κ2) is 16.5. The molecule has 0 radical (unpaired) electrons. The molecular weight excluding hydrogens is 662 g/mol. The number of amides is 3. The summed E-state index contributed by atoms with van der Waals surface area (Å²) in [5.41, 5.74) is 2.18. The number of rotatable bonds is 13. The van der Waals surface area contributed by atoms with E-state index in [1.807, 2.05) is 61.5 Å². The van der Waals surface area contributed by atoms with Gasteiger partial charge in [0.2, 0.25) is 11.8 Å². The molecule has 3 heterocycles. The Hall–Kier alpha value is -5.04. The second-order valence-corrected chi connectivity index (χ2v) is 14.8.